The Kier molecular flexibility index (Phi) is 4.02. The van der Waals surface area contributed by atoms with Gasteiger partial charge in [-0.1, -0.05) is 27.7 Å². The summed E-state index contributed by atoms with van der Waals surface area (Å²) in [4.78, 5) is 2.52. The maximum absolute atomic E-state index is 6.07. The highest BCUT2D eigenvalue weighted by molar-refractivity contribution is 5.28. The highest BCUT2D eigenvalue weighted by Crippen LogP contribution is 2.33. The van der Waals surface area contributed by atoms with Gasteiger partial charge in [-0.25, -0.2) is 0 Å². The fourth-order valence-electron chi connectivity index (χ4n) is 3.06. The lowest BCUT2D eigenvalue weighted by molar-refractivity contribution is 0.241. The molecule has 0 aliphatic carbocycles. The Morgan fingerprint density at radius 2 is 2.16 bits per heavy atom. The second kappa shape index (κ2) is 5.25. The molecular formula is C15H28N4. The lowest BCUT2D eigenvalue weighted by Crippen LogP contribution is -2.33. The van der Waals surface area contributed by atoms with Gasteiger partial charge >= 0.3 is 0 Å². The first-order chi connectivity index (χ1) is 8.82. The van der Waals surface area contributed by atoms with Gasteiger partial charge in [0, 0.05) is 37.3 Å². The standard InChI is InChI=1S/C15H28N4/c1-11-6-7-19(9-11)13(8-16)12-10-18(5)17-14(12)15(2,3)4/h10-11,13H,6-9,16H2,1-5H3. The molecule has 2 rings (SSSR count). The van der Waals surface area contributed by atoms with Gasteiger partial charge in [-0.15, -0.1) is 0 Å². The highest BCUT2D eigenvalue weighted by atomic mass is 15.3. The molecule has 1 aromatic heterocycles. The first-order valence-corrected chi connectivity index (χ1v) is 7.31. The van der Waals surface area contributed by atoms with Crippen molar-refractivity contribution in [3.8, 4) is 0 Å². The van der Waals surface area contributed by atoms with Gasteiger partial charge in [-0.05, 0) is 18.9 Å². The largest absolute Gasteiger partial charge is 0.329 e. The number of likely N-dealkylation sites (tertiary alicyclic amines) is 1. The molecule has 1 aromatic rings. The first kappa shape index (κ1) is 14.5. The van der Waals surface area contributed by atoms with Crippen LogP contribution in [0.4, 0.5) is 0 Å². The van der Waals surface area contributed by atoms with E-state index in [1.165, 1.54) is 17.7 Å². The molecule has 1 saturated heterocycles. The number of rotatable bonds is 3. The Morgan fingerprint density at radius 3 is 2.63 bits per heavy atom. The van der Waals surface area contributed by atoms with Crippen molar-refractivity contribution in [3.05, 3.63) is 17.5 Å². The van der Waals surface area contributed by atoms with Crippen LogP contribution in [0.1, 0.15) is 51.4 Å². The molecule has 2 heterocycles. The maximum atomic E-state index is 6.07. The van der Waals surface area contributed by atoms with Crippen LogP contribution in [0.2, 0.25) is 0 Å². The molecule has 0 amide bonds. The number of hydrogen-bond acceptors (Lipinski definition) is 3. The molecular weight excluding hydrogens is 236 g/mol. The van der Waals surface area contributed by atoms with E-state index < -0.39 is 0 Å². The minimum Gasteiger partial charge on any atom is -0.329 e. The summed E-state index contributed by atoms with van der Waals surface area (Å²) in [5.74, 6) is 0.781. The van der Waals surface area contributed by atoms with Crippen LogP contribution in [0.3, 0.4) is 0 Å². The summed E-state index contributed by atoms with van der Waals surface area (Å²) in [6.45, 7) is 12.0. The van der Waals surface area contributed by atoms with Crippen LogP contribution in [-0.4, -0.2) is 34.3 Å². The van der Waals surface area contributed by atoms with Gasteiger partial charge in [0.2, 0.25) is 0 Å². The summed E-state index contributed by atoms with van der Waals surface area (Å²) in [7, 11) is 2.00. The topological polar surface area (TPSA) is 47.1 Å². The van der Waals surface area contributed by atoms with Gasteiger partial charge in [0.25, 0.3) is 0 Å². The van der Waals surface area contributed by atoms with Crippen LogP contribution in [0, 0.1) is 5.92 Å². The van der Waals surface area contributed by atoms with Crippen molar-refractivity contribution < 1.29 is 0 Å². The fraction of sp³-hybridized carbons (Fsp3) is 0.800. The third-order valence-corrected chi connectivity index (χ3v) is 4.05. The number of aryl methyl sites for hydroxylation is 1. The molecule has 4 nitrogen and oxygen atoms in total. The van der Waals surface area contributed by atoms with Gasteiger partial charge in [-0.2, -0.15) is 5.10 Å². The Balaban J connectivity index is 2.33. The van der Waals surface area contributed by atoms with Crippen molar-refractivity contribution in [2.75, 3.05) is 19.6 Å². The van der Waals surface area contributed by atoms with E-state index in [9.17, 15) is 0 Å². The molecule has 0 saturated carbocycles. The van der Waals surface area contributed by atoms with Gasteiger partial charge in [0.1, 0.15) is 0 Å². The van der Waals surface area contributed by atoms with E-state index in [0.717, 1.165) is 19.0 Å². The van der Waals surface area contributed by atoms with E-state index in [4.69, 9.17) is 5.73 Å². The minimum absolute atomic E-state index is 0.0648. The Hall–Kier alpha value is -0.870. The molecule has 4 heteroatoms. The summed E-state index contributed by atoms with van der Waals surface area (Å²) in [6.07, 6.45) is 3.43. The van der Waals surface area contributed by atoms with E-state index in [1.54, 1.807) is 0 Å². The second-order valence-electron chi connectivity index (χ2n) is 7.00. The Bertz CT molecular complexity index is 430. The zero-order chi connectivity index (χ0) is 14.2. The zero-order valence-corrected chi connectivity index (χ0v) is 13.0. The van der Waals surface area contributed by atoms with Crippen LogP contribution in [0.15, 0.2) is 6.20 Å². The third-order valence-electron chi connectivity index (χ3n) is 4.05. The predicted molar refractivity (Wildman–Crippen MR) is 79.1 cm³/mol. The van der Waals surface area contributed by atoms with Crippen molar-refractivity contribution >= 4 is 0 Å². The lowest BCUT2D eigenvalue weighted by Gasteiger charge is -2.29. The molecule has 2 atom stereocenters. The van der Waals surface area contributed by atoms with Gasteiger partial charge in [0.15, 0.2) is 0 Å². The molecule has 0 bridgehead atoms. The van der Waals surface area contributed by atoms with Gasteiger partial charge in [0.05, 0.1) is 11.7 Å². The molecule has 108 valence electrons. The smallest absolute Gasteiger partial charge is 0.0726 e. The van der Waals surface area contributed by atoms with E-state index in [0.29, 0.717) is 12.6 Å². The molecule has 2 unspecified atom stereocenters. The van der Waals surface area contributed by atoms with Crippen LogP contribution < -0.4 is 5.73 Å². The lowest BCUT2D eigenvalue weighted by atomic mass is 9.87. The molecule has 2 N–H and O–H groups in total. The molecule has 0 radical (unpaired) electrons. The van der Waals surface area contributed by atoms with Crippen LogP contribution >= 0.6 is 0 Å². The number of nitrogens with two attached hydrogens (primary N) is 1. The second-order valence-corrected chi connectivity index (χ2v) is 7.00. The number of aromatic nitrogens is 2. The molecule has 19 heavy (non-hydrogen) atoms. The summed E-state index contributed by atoms with van der Waals surface area (Å²) >= 11 is 0. The van der Waals surface area contributed by atoms with Crippen molar-refractivity contribution in [3.63, 3.8) is 0 Å². The molecule has 0 spiro atoms. The average Bonchev–Trinajstić information content (AvgIpc) is 2.86. The summed E-state index contributed by atoms with van der Waals surface area (Å²) in [6, 6.07) is 0.313. The first-order valence-electron chi connectivity index (χ1n) is 7.31. The molecule has 1 fully saturated rings. The molecule has 1 aliphatic rings. The van der Waals surface area contributed by atoms with E-state index in [2.05, 4.69) is 43.9 Å². The SMILES string of the molecule is CC1CCN(C(CN)c2cn(C)nc2C(C)(C)C)C1. The summed E-state index contributed by atoms with van der Waals surface area (Å²) in [5.41, 5.74) is 8.63. The van der Waals surface area contributed by atoms with Crippen LogP contribution in [0.5, 0.6) is 0 Å². The number of hydrogen-bond donors (Lipinski definition) is 1. The average molecular weight is 264 g/mol. The van der Waals surface area contributed by atoms with Crippen molar-refractivity contribution in [2.45, 2.75) is 45.6 Å². The van der Waals surface area contributed by atoms with Crippen molar-refractivity contribution in [1.82, 2.24) is 14.7 Å². The Labute approximate surface area is 117 Å². The van der Waals surface area contributed by atoms with Gasteiger partial charge < -0.3 is 5.73 Å². The van der Waals surface area contributed by atoms with E-state index in [-0.39, 0.29) is 5.41 Å². The molecule has 0 aromatic carbocycles. The highest BCUT2D eigenvalue weighted by Gasteiger charge is 2.32. The summed E-state index contributed by atoms with van der Waals surface area (Å²) in [5, 5.41) is 4.68. The Morgan fingerprint density at radius 1 is 1.47 bits per heavy atom. The van der Waals surface area contributed by atoms with Crippen LogP contribution in [0.25, 0.3) is 0 Å². The zero-order valence-electron chi connectivity index (χ0n) is 13.0. The fourth-order valence-corrected chi connectivity index (χ4v) is 3.06. The monoisotopic (exact) mass is 264 g/mol. The number of nitrogens with zero attached hydrogens (tertiary/aromatic N) is 3. The predicted octanol–water partition coefficient (Wildman–Crippen LogP) is 2.06. The van der Waals surface area contributed by atoms with Crippen molar-refractivity contribution in [1.29, 1.82) is 0 Å². The quantitative estimate of drug-likeness (QED) is 0.909. The minimum atomic E-state index is 0.0648. The normalized spacial score (nSPS) is 22.9. The molecule has 1 aliphatic heterocycles. The van der Waals surface area contributed by atoms with Gasteiger partial charge in [-0.3, -0.25) is 9.58 Å². The maximum Gasteiger partial charge on any atom is 0.0726 e. The van der Waals surface area contributed by atoms with E-state index in [1.807, 2.05) is 11.7 Å². The van der Waals surface area contributed by atoms with Crippen LogP contribution in [-0.2, 0) is 12.5 Å². The van der Waals surface area contributed by atoms with Crippen molar-refractivity contribution in [2.24, 2.45) is 18.7 Å². The third kappa shape index (κ3) is 3.00. The summed E-state index contributed by atoms with van der Waals surface area (Å²) < 4.78 is 1.93. The van der Waals surface area contributed by atoms with E-state index >= 15 is 0 Å².